The van der Waals surface area contributed by atoms with Crippen LogP contribution in [0.1, 0.15) is 17.0 Å². The van der Waals surface area contributed by atoms with Gasteiger partial charge in [0.25, 0.3) is 0 Å². The second-order valence-corrected chi connectivity index (χ2v) is 6.61. The largest absolute Gasteiger partial charge is 0.480 e. The van der Waals surface area contributed by atoms with Gasteiger partial charge in [-0.2, -0.15) is 5.26 Å². The molecular weight excluding hydrogens is 382 g/mol. The maximum absolute atomic E-state index is 13.7. The number of amides is 1. The molecule has 0 fully saturated rings. The first kappa shape index (κ1) is 18.2. The number of benzene rings is 2. The van der Waals surface area contributed by atoms with Gasteiger partial charge < -0.3 is 10.0 Å². The number of fused-ring (bicyclic) bond motifs is 1. The van der Waals surface area contributed by atoms with Gasteiger partial charge in [0.05, 0.1) is 28.6 Å². The lowest BCUT2D eigenvalue weighted by molar-refractivity contribution is -0.142. The molecule has 1 N–H and O–H groups in total. The molecule has 132 valence electrons. The molecule has 8 heteroatoms. The first-order valence-electron chi connectivity index (χ1n) is 7.50. The fourth-order valence-corrected chi connectivity index (χ4v) is 3.34. The molecule has 5 nitrogen and oxygen atoms in total. The van der Waals surface area contributed by atoms with Crippen LogP contribution in [0.25, 0.3) is 0 Å². The molecule has 2 aromatic rings. The number of carboxylic acids is 1. The van der Waals surface area contributed by atoms with Crippen molar-refractivity contribution in [2.24, 2.45) is 5.92 Å². The van der Waals surface area contributed by atoms with Gasteiger partial charge in [0.15, 0.2) is 5.92 Å². The molecule has 3 rings (SSSR count). The Labute approximate surface area is 158 Å². The molecule has 0 aliphatic carbocycles. The van der Waals surface area contributed by atoms with E-state index in [1.54, 1.807) is 24.3 Å². The van der Waals surface area contributed by atoms with E-state index in [1.165, 1.54) is 17.0 Å². The molecule has 26 heavy (non-hydrogen) atoms. The number of carboxylic acid groups (broad SMARTS) is 1. The van der Waals surface area contributed by atoms with Crippen molar-refractivity contribution in [3.63, 3.8) is 0 Å². The van der Waals surface area contributed by atoms with Crippen molar-refractivity contribution in [3.05, 3.63) is 63.4 Å². The van der Waals surface area contributed by atoms with Crippen molar-refractivity contribution in [2.45, 2.75) is 12.5 Å². The minimum atomic E-state index is -1.61. The molecule has 0 saturated heterocycles. The first-order valence-corrected chi connectivity index (χ1v) is 8.26. The quantitative estimate of drug-likeness (QED) is 0.852. The predicted octanol–water partition coefficient (Wildman–Crippen LogP) is 3.99. The molecule has 1 aliphatic heterocycles. The molecular formula is C18H11Cl2FN2O3. The molecule has 1 amide bonds. The van der Waals surface area contributed by atoms with E-state index in [4.69, 9.17) is 23.2 Å². The van der Waals surface area contributed by atoms with Crippen molar-refractivity contribution in [3.8, 4) is 6.07 Å². The van der Waals surface area contributed by atoms with Gasteiger partial charge in [-0.05, 0) is 41.5 Å². The summed E-state index contributed by atoms with van der Waals surface area (Å²) in [6, 6.07) is 10.2. The van der Waals surface area contributed by atoms with Crippen molar-refractivity contribution < 1.29 is 19.1 Å². The normalized spacial score (nSPS) is 16.9. The first-order chi connectivity index (χ1) is 12.3. The summed E-state index contributed by atoms with van der Waals surface area (Å²) < 4.78 is 13.7. The van der Waals surface area contributed by atoms with Gasteiger partial charge in [0, 0.05) is 5.69 Å². The van der Waals surface area contributed by atoms with Crippen molar-refractivity contribution >= 4 is 40.8 Å². The summed E-state index contributed by atoms with van der Waals surface area (Å²) in [4.78, 5) is 25.6. The number of hydrogen-bond donors (Lipinski definition) is 1. The minimum absolute atomic E-state index is 0.0859. The van der Waals surface area contributed by atoms with Crippen LogP contribution in [0.4, 0.5) is 10.1 Å². The molecule has 0 spiro atoms. The zero-order valence-electron chi connectivity index (χ0n) is 13.1. The van der Waals surface area contributed by atoms with Crippen LogP contribution in [0.3, 0.4) is 0 Å². The third-order valence-electron chi connectivity index (χ3n) is 4.21. The Kier molecular flexibility index (Phi) is 4.86. The van der Waals surface area contributed by atoms with Gasteiger partial charge in [-0.15, -0.1) is 0 Å². The number of aliphatic carboxylic acids is 1. The average Bonchev–Trinajstić information content (AvgIpc) is 2.84. The number of carbonyl (C=O) groups is 2. The zero-order chi connectivity index (χ0) is 19.0. The Morgan fingerprint density at radius 2 is 2.00 bits per heavy atom. The topological polar surface area (TPSA) is 81.4 Å². The summed E-state index contributed by atoms with van der Waals surface area (Å²) in [5.41, 5.74) is 1.21. The molecule has 2 unspecified atom stereocenters. The van der Waals surface area contributed by atoms with E-state index < -0.39 is 29.5 Å². The highest BCUT2D eigenvalue weighted by molar-refractivity contribution is 6.42. The lowest BCUT2D eigenvalue weighted by atomic mass is 9.88. The third kappa shape index (κ3) is 3.12. The Balaban J connectivity index is 2.05. The monoisotopic (exact) mass is 392 g/mol. The number of halogens is 3. The standard InChI is InChI=1S/C18H11Cl2FN2O3/c19-13-3-1-9(5-14(13)20)8-23-15-4-2-10(21)6-11(15)16(17(23)24)12(7-22)18(25)26/h1-6,12,16H,8H2,(H,25,26). The average molecular weight is 393 g/mol. The van der Waals surface area contributed by atoms with Crippen LogP contribution in [0.15, 0.2) is 36.4 Å². The molecule has 0 bridgehead atoms. The molecule has 0 radical (unpaired) electrons. The van der Waals surface area contributed by atoms with Crippen molar-refractivity contribution in [1.82, 2.24) is 0 Å². The second-order valence-electron chi connectivity index (χ2n) is 5.80. The number of hydrogen-bond acceptors (Lipinski definition) is 3. The highest BCUT2D eigenvalue weighted by Gasteiger charge is 2.45. The van der Waals surface area contributed by atoms with E-state index in [2.05, 4.69) is 0 Å². The Hall–Kier alpha value is -2.62. The van der Waals surface area contributed by atoms with Gasteiger partial charge in [-0.3, -0.25) is 9.59 Å². The maximum Gasteiger partial charge on any atom is 0.322 e. The summed E-state index contributed by atoms with van der Waals surface area (Å²) in [5.74, 6) is -5.50. The van der Waals surface area contributed by atoms with Gasteiger partial charge in [0.1, 0.15) is 5.82 Å². The molecule has 0 saturated carbocycles. The van der Waals surface area contributed by atoms with E-state index in [-0.39, 0.29) is 12.1 Å². The molecule has 2 atom stereocenters. The van der Waals surface area contributed by atoms with Crippen molar-refractivity contribution in [2.75, 3.05) is 4.90 Å². The van der Waals surface area contributed by atoms with Crippen LogP contribution in [0, 0.1) is 23.1 Å². The number of nitriles is 1. The third-order valence-corrected chi connectivity index (χ3v) is 4.95. The fraction of sp³-hybridized carbons (Fsp3) is 0.167. The van der Waals surface area contributed by atoms with Crippen LogP contribution < -0.4 is 4.90 Å². The van der Waals surface area contributed by atoms with Crippen LogP contribution in [0.5, 0.6) is 0 Å². The van der Waals surface area contributed by atoms with E-state index >= 15 is 0 Å². The number of rotatable bonds is 4. The van der Waals surface area contributed by atoms with Crippen LogP contribution in [-0.4, -0.2) is 17.0 Å². The summed E-state index contributed by atoms with van der Waals surface area (Å²) in [5, 5.41) is 19.1. The number of anilines is 1. The summed E-state index contributed by atoms with van der Waals surface area (Å²) >= 11 is 11.9. The minimum Gasteiger partial charge on any atom is -0.480 e. The highest BCUT2D eigenvalue weighted by atomic mass is 35.5. The molecule has 0 aromatic heterocycles. The summed E-state index contributed by atoms with van der Waals surface area (Å²) in [6.45, 7) is 0.0859. The summed E-state index contributed by atoms with van der Waals surface area (Å²) in [6.07, 6.45) is 0. The summed E-state index contributed by atoms with van der Waals surface area (Å²) in [7, 11) is 0. The molecule has 1 heterocycles. The Bertz CT molecular complexity index is 958. The lowest BCUT2D eigenvalue weighted by Crippen LogP contribution is -2.33. The fourth-order valence-electron chi connectivity index (χ4n) is 3.02. The zero-order valence-corrected chi connectivity index (χ0v) is 14.6. The second kappa shape index (κ2) is 6.94. The highest BCUT2D eigenvalue weighted by Crippen LogP contribution is 2.42. The van der Waals surface area contributed by atoms with Crippen LogP contribution in [-0.2, 0) is 16.1 Å². The maximum atomic E-state index is 13.7. The van der Waals surface area contributed by atoms with E-state index in [0.29, 0.717) is 21.3 Å². The van der Waals surface area contributed by atoms with E-state index in [9.17, 15) is 24.3 Å². The van der Waals surface area contributed by atoms with Gasteiger partial charge in [-0.25, -0.2) is 4.39 Å². The molecule has 2 aromatic carbocycles. The van der Waals surface area contributed by atoms with E-state index in [1.807, 2.05) is 0 Å². The molecule has 1 aliphatic rings. The lowest BCUT2D eigenvalue weighted by Gasteiger charge is -2.19. The van der Waals surface area contributed by atoms with Crippen molar-refractivity contribution in [1.29, 1.82) is 5.26 Å². The van der Waals surface area contributed by atoms with E-state index in [0.717, 1.165) is 6.07 Å². The smallest absolute Gasteiger partial charge is 0.322 e. The SMILES string of the molecule is N#CC(C(=O)O)C1C(=O)N(Cc2ccc(Cl)c(Cl)c2)c2ccc(F)cc21. The van der Waals surface area contributed by atoms with Gasteiger partial charge >= 0.3 is 5.97 Å². The van der Waals surface area contributed by atoms with Crippen LogP contribution in [0.2, 0.25) is 10.0 Å². The predicted molar refractivity (Wildman–Crippen MR) is 93.5 cm³/mol. The Morgan fingerprint density at radius 3 is 2.62 bits per heavy atom. The number of carbonyl (C=O) groups excluding carboxylic acids is 1. The number of nitrogens with zero attached hydrogens (tertiary/aromatic N) is 2. The Morgan fingerprint density at radius 1 is 1.27 bits per heavy atom. The van der Waals surface area contributed by atoms with Crippen LogP contribution >= 0.6 is 23.2 Å². The van der Waals surface area contributed by atoms with Gasteiger partial charge in [0.2, 0.25) is 5.91 Å². The van der Waals surface area contributed by atoms with Gasteiger partial charge in [-0.1, -0.05) is 29.3 Å².